The summed E-state index contributed by atoms with van der Waals surface area (Å²) >= 11 is 0. The average Bonchev–Trinajstić information content (AvgIpc) is 3.46. The van der Waals surface area contributed by atoms with E-state index in [0.29, 0.717) is 22.8 Å². The Balaban J connectivity index is 1.78. The number of furan rings is 1. The zero-order valence-corrected chi connectivity index (χ0v) is 22.4. The van der Waals surface area contributed by atoms with Crippen molar-refractivity contribution in [3.05, 3.63) is 77.0 Å². The number of nitrogens with one attached hydrogen (secondary N) is 1. The van der Waals surface area contributed by atoms with E-state index in [4.69, 9.17) is 4.42 Å². The largest absolute Gasteiger partial charge is 0.508 e. The van der Waals surface area contributed by atoms with Crippen LogP contribution in [-0.4, -0.2) is 42.7 Å². The van der Waals surface area contributed by atoms with Gasteiger partial charge in [0.15, 0.2) is 5.76 Å². The highest BCUT2D eigenvalue weighted by atomic mass is 16.3. The van der Waals surface area contributed by atoms with E-state index in [1.165, 1.54) is 21.8 Å². The number of carbonyl (C=O) groups excluding carboxylic acids is 2. The Kier molecular flexibility index (Phi) is 7.34. The van der Waals surface area contributed by atoms with Gasteiger partial charge in [0.1, 0.15) is 24.1 Å². The Morgan fingerprint density at radius 2 is 1.76 bits per heavy atom. The third-order valence-corrected chi connectivity index (χ3v) is 5.78. The van der Waals surface area contributed by atoms with Crippen molar-refractivity contribution in [2.75, 3.05) is 4.90 Å². The van der Waals surface area contributed by atoms with E-state index in [0.717, 1.165) is 11.1 Å². The summed E-state index contributed by atoms with van der Waals surface area (Å²) in [6, 6.07) is 14.4. The third-order valence-electron chi connectivity index (χ3n) is 5.78. The first-order valence-corrected chi connectivity index (χ1v) is 12.3. The molecule has 2 aromatic carbocycles. The van der Waals surface area contributed by atoms with E-state index in [1.807, 2.05) is 59.7 Å². The van der Waals surface area contributed by atoms with Crippen LogP contribution in [0.1, 0.15) is 49.3 Å². The van der Waals surface area contributed by atoms with Crippen LogP contribution in [0, 0.1) is 20.8 Å². The summed E-state index contributed by atoms with van der Waals surface area (Å²) in [6.07, 6.45) is 0. The van der Waals surface area contributed by atoms with Crippen molar-refractivity contribution >= 4 is 17.5 Å². The summed E-state index contributed by atoms with van der Waals surface area (Å²) < 4.78 is 5.57. The number of amides is 2. The number of hydrogen-bond donors (Lipinski definition) is 2. The summed E-state index contributed by atoms with van der Waals surface area (Å²) in [5.74, 6) is 0.674. The minimum absolute atomic E-state index is 0.0561. The van der Waals surface area contributed by atoms with E-state index in [-0.39, 0.29) is 24.0 Å². The molecule has 0 spiro atoms. The lowest BCUT2D eigenvalue weighted by Crippen LogP contribution is -2.50. The number of benzene rings is 2. The Hall–Kier alpha value is -4.47. The van der Waals surface area contributed by atoms with Crippen LogP contribution in [0.15, 0.2) is 59.0 Å². The molecule has 2 heterocycles. The highest BCUT2D eigenvalue weighted by molar-refractivity contribution is 6.02. The van der Waals surface area contributed by atoms with Crippen molar-refractivity contribution in [1.82, 2.24) is 25.5 Å². The Labute approximate surface area is 221 Å². The number of phenols is 1. The topological polar surface area (TPSA) is 126 Å². The first kappa shape index (κ1) is 26.6. The predicted octanol–water partition coefficient (Wildman–Crippen LogP) is 4.25. The maximum atomic E-state index is 14.0. The molecule has 4 aromatic rings. The lowest BCUT2D eigenvalue weighted by Gasteiger charge is -2.34. The number of rotatable bonds is 7. The standard InChI is InChI=1S/C28H32N6O4/c1-17-7-13-22(18(2)15-17)34(24(36)16-33-31-26(30-32-33)23-14-8-19(3)38-23)25(27(37)29-28(4,5)6)20-9-11-21(35)12-10-20/h7-15,25,35H,16H2,1-6H3,(H,29,37)/t25-/m0/s1. The molecule has 0 aliphatic heterocycles. The van der Waals surface area contributed by atoms with Gasteiger partial charge in [0, 0.05) is 11.2 Å². The fourth-order valence-corrected chi connectivity index (χ4v) is 4.17. The van der Waals surface area contributed by atoms with Crippen molar-refractivity contribution in [1.29, 1.82) is 0 Å². The van der Waals surface area contributed by atoms with Crippen molar-refractivity contribution in [3.63, 3.8) is 0 Å². The maximum Gasteiger partial charge on any atom is 0.251 e. The Morgan fingerprint density at radius 1 is 1.05 bits per heavy atom. The van der Waals surface area contributed by atoms with Crippen LogP contribution >= 0.6 is 0 Å². The van der Waals surface area contributed by atoms with Crippen LogP contribution < -0.4 is 10.2 Å². The third kappa shape index (κ3) is 6.08. The van der Waals surface area contributed by atoms with Crippen LogP contribution in [0.25, 0.3) is 11.6 Å². The van der Waals surface area contributed by atoms with E-state index in [2.05, 4.69) is 20.7 Å². The molecule has 10 nitrogen and oxygen atoms in total. The maximum absolute atomic E-state index is 14.0. The van der Waals surface area contributed by atoms with Crippen LogP contribution in [0.5, 0.6) is 5.75 Å². The van der Waals surface area contributed by atoms with Gasteiger partial charge in [0.25, 0.3) is 5.91 Å². The number of aromatic nitrogens is 4. The number of aryl methyl sites for hydroxylation is 3. The van der Waals surface area contributed by atoms with Crippen LogP contribution in [0.3, 0.4) is 0 Å². The number of carbonyl (C=O) groups is 2. The molecule has 0 radical (unpaired) electrons. The van der Waals surface area contributed by atoms with E-state index in [1.54, 1.807) is 24.3 Å². The van der Waals surface area contributed by atoms with E-state index < -0.39 is 17.5 Å². The SMILES string of the molecule is Cc1ccc(N(C(=O)Cn2nnc(-c3ccc(C)o3)n2)[C@H](C(=O)NC(C)(C)C)c2ccc(O)cc2)c(C)c1. The first-order chi connectivity index (χ1) is 17.9. The number of anilines is 1. The molecule has 198 valence electrons. The van der Waals surface area contributed by atoms with Crippen LogP contribution in [0.4, 0.5) is 5.69 Å². The molecule has 0 fully saturated rings. The molecule has 0 unspecified atom stereocenters. The lowest BCUT2D eigenvalue weighted by atomic mass is 9.99. The molecule has 38 heavy (non-hydrogen) atoms. The van der Waals surface area contributed by atoms with Crippen LogP contribution in [-0.2, 0) is 16.1 Å². The first-order valence-electron chi connectivity index (χ1n) is 12.3. The minimum atomic E-state index is -1.03. The molecule has 2 amide bonds. The summed E-state index contributed by atoms with van der Waals surface area (Å²) in [6.45, 7) is 11.0. The van der Waals surface area contributed by atoms with Crippen molar-refractivity contribution in [2.45, 2.75) is 59.7 Å². The second-order valence-corrected chi connectivity index (χ2v) is 10.3. The molecular formula is C28H32N6O4. The zero-order valence-electron chi connectivity index (χ0n) is 22.4. The van der Waals surface area contributed by atoms with E-state index in [9.17, 15) is 14.7 Å². The van der Waals surface area contributed by atoms with Gasteiger partial charge < -0.3 is 14.8 Å². The van der Waals surface area contributed by atoms with Gasteiger partial charge in [0.2, 0.25) is 11.7 Å². The summed E-state index contributed by atoms with van der Waals surface area (Å²) in [5, 5.41) is 25.3. The van der Waals surface area contributed by atoms with Gasteiger partial charge in [-0.05, 0) is 88.2 Å². The molecule has 0 saturated carbocycles. The van der Waals surface area contributed by atoms with Gasteiger partial charge in [-0.1, -0.05) is 29.8 Å². The Morgan fingerprint density at radius 3 is 2.37 bits per heavy atom. The fraction of sp³-hybridized carbons (Fsp3) is 0.321. The molecule has 1 atom stereocenters. The lowest BCUT2D eigenvalue weighted by molar-refractivity contribution is -0.128. The van der Waals surface area contributed by atoms with Gasteiger partial charge in [-0.3, -0.25) is 14.5 Å². The minimum Gasteiger partial charge on any atom is -0.508 e. The molecule has 4 rings (SSSR count). The summed E-state index contributed by atoms with van der Waals surface area (Å²) in [4.78, 5) is 30.4. The molecule has 10 heteroatoms. The second-order valence-electron chi connectivity index (χ2n) is 10.3. The molecule has 0 aliphatic rings. The van der Waals surface area contributed by atoms with Gasteiger partial charge in [-0.25, -0.2) is 0 Å². The van der Waals surface area contributed by atoms with Crippen molar-refractivity contribution < 1.29 is 19.1 Å². The smallest absolute Gasteiger partial charge is 0.251 e. The van der Waals surface area contributed by atoms with Gasteiger partial charge in [0.05, 0.1) is 0 Å². The molecular weight excluding hydrogens is 484 g/mol. The Bertz CT molecular complexity index is 1450. The number of tetrazole rings is 1. The quantitative estimate of drug-likeness (QED) is 0.376. The van der Waals surface area contributed by atoms with Gasteiger partial charge in [-0.2, -0.15) is 4.80 Å². The molecule has 2 aromatic heterocycles. The number of phenolic OH excluding ortho intramolecular Hbond substituents is 1. The number of aromatic hydroxyl groups is 1. The molecule has 2 N–H and O–H groups in total. The zero-order chi connectivity index (χ0) is 27.6. The van der Waals surface area contributed by atoms with Crippen LogP contribution in [0.2, 0.25) is 0 Å². The predicted molar refractivity (Wildman–Crippen MR) is 142 cm³/mol. The molecule has 0 saturated heterocycles. The average molecular weight is 517 g/mol. The number of hydrogen-bond acceptors (Lipinski definition) is 7. The number of nitrogens with zero attached hydrogens (tertiary/aromatic N) is 5. The molecule has 0 aliphatic carbocycles. The summed E-state index contributed by atoms with van der Waals surface area (Å²) in [7, 11) is 0. The molecule has 0 bridgehead atoms. The van der Waals surface area contributed by atoms with Gasteiger partial charge >= 0.3 is 0 Å². The normalized spacial score (nSPS) is 12.3. The van der Waals surface area contributed by atoms with Gasteiger partial charge in [-0.15, -0.1) is 10.2 Å². The van der Waals surface area contributed by atoms with E-state index >= 15 is 0 Å². The second kappa shape index (κ2) is 10.5. The highest BCUT2D eigenvalue weighted by Crippen LogP contribution is 2.32. The summed E-state index contributed by atoms with van der Waals surface area (Å²) in [5.41, 5.74) is 2.41. The monoisotopic (exact) mass is 516 g/mol. The fourth-order valence-electron chi connectivity index (χ4n) is 4.17. The van der Waals surface area contributed by atoms with Crippen molar-refractivity contribution in [3.8, 4) is 17.3 Å². The highest BCUT2D eigenvalue weighted by Gasteiger charge is 2.35. The van der Waals surface area contributed by atoms with Crippen molar-refractivity contribution in [2.24, 2.45) is 0 Å².